The van der Waals surface area contributed by atoms with Gasteiger partial charge >= 0.3 is 0 Å². The molecule has 1 heterocycles. The van der Waals surface area contributed by atoms with Crippen LogP contribution in [-0.2, 0) is 4.79 Å². The fourth-order valence-electron chi connectivity index (χ4n) is 4.73. The molecule has 0 spiro atoms. The number of benzene rings is 3. The number of fused-ring (bicyclic) bond motifs is 1. The van der Waals surface area contributed by atoms with Gasteiger partial charge in [-0.3, -0.25) is 4.79 Å². The Kier molecular flexibility index (Phi) is 5.51. The zero-order valence-corrected chi connectivity index (χ0v) is 19.2. The summed E-state index contributed by atoms with van der Waals surface area (Å²) in [4.78, 5) is 13.6. The predicted octanol–water partition coefficient (Wildman–Crippen LogP) is 6.34. The van der Waals surface area contributed by atoms with Crippen molar-refractivity contribution in [1.29, 1.82) is 0 Å². The van der Waals surface area contributed by atoms with E-state index in [1.165, 1.54) is 18.2 Å². The van der Waals surface area contributed by atoms with Gasteiger partial charge < -0.3 is 20.5 Å². The minimum Gasteiger partial charge on any atom is -0.503 e. The standard InChI is InChI=1S/C27H25ClN2O3/c1-15-7-9-16(10-8-15)17-12-22-25(23(31)13-17)26(30-21-6-4-3-5-20(21)29-22)18-11-19(28)27(32)24(14-18)33-2/h3-11,14,17,26,29-30,32H,12-13H2,1-2H3. The number of allylic oxidation sites excluding steroid dienone is 1. The summed E-state index contributed by atoms with van der Waals surface area (Å²) in [6.07, 6.45) is 1.15. The number of ketones is 1. The smallest absolute Gasteiger partial charge is 0.176 e. The maximum absolute atomic E-state index is 13.6. The Balaban J connectivity index is 1.63. The van der Waals surface area contributed by atoms with E-state index in [2.05, 4.69) is 41.8 Å². The molecule has 5 nitrogen and oxygen atoms in total. The largest absolute Gasteiger partial charge is 0.503 e. The Morgan fingerprint density at radius 1 is 1.00 bits per heavy atom. The van der Waals surface area contributed by atoms with Crippen molar-refractivity contribution >= 4 is 28.8 Å². The van der Waals surface area contributed by atoms with E-state index in [0.29, 0.717) is 12.0 Å². The third-order valence-electron chi connectivity index (χ3n) is 6.46. The molecule has 0 amide bonds. The van der Waals surface area contributed by atoms with E-state index in [1.54, 1.807) is 12.1 Å². The van der Waals surface area contributed by atoms with Gasteiger partial charge in [0.15, 0.2) is 17.3 Å². The van der Waals surface area contributed by atoms with E-state index < -0.39 is 6.04 Å². The lowest BCUT2D eigenvalue weighted by Crippen LogP contribution is -2.27. The SMILES string of the molecule is COc1cc(C2Nc3ccccc3NC3=C2C(=O)CC(c2ccc(C)cc2)C3)cc(Cl)c1O. The number of hydrogen-bond donors (Lipinski definition) is 3. The molecule has 1 aliphatic carbocycles. The first-order valence-electron chi connectivity index (χ1n) is 11.0. The monoisotopic (exact) mass is 460 g/mol. The van der Waals surface area contributed by atoms with Gasteiger partial charge in [0.1, 0.15) is 0 Å². The summed E-state index contributed by atoms with van der Waals surface area (Å²) >= 11 is 6.31. The first-order chi connectivity index (χ1) is 15.9. The van der Waals surface area contributed by atoms with Crippen molar-refractivity contribution in [3.05, 3.63) is 93.6 Å². The van der Waals surface area contributed by atoms with E-state index in [0.717, 1.165) is 29.1 Å². The highest BCUT2D eigenvalue weighted by atomic mass is 35.5. The number of aromatic hydroxyl groups is 1. The van der Waals surface area contributed by atoms with Gasteiger partial charge in [-0.1, -0.05) is 53.6 Å². The molecule has 6 heteroatoms. The van der Waals surface area contributed by atoms with Gasteiger partial charge in [0.25, 0.3) is 0 Å². The van der Waals surface area contributed by atoms with Gasteiger partial charge in [-0.25, -0.2) is 0 Å². The first kappa shape index (κ1) is 21.4. The second kappa shape index (κ2) is 8.49. The number of ether oxygens (including phenoxy) is 1. The van der Waals surface area contributed by atoms with Crippen LogP contribution in [0.1, 0.15) is 41.5 Å². The fraction of sp³-hybridized carbons (Fsp3) is 0.222. The van der Waals surface area contributed by atoms with Crippen LogP contribution in [0, 0.1) is 6.92 Å². The van der Waals surface area contributed by atoms with Crippen molar-refractivity contribution in [2.24, 2.45) is 0 Å². The van der Waals surface area contributed by atoms with E-state index in [9.17, 15) is 9.90 Å². The highest BCUT2D eigenvalue weighted by Gasteiger charge is 2.36. The Labute approximate surface area is 198 Å². The minimum absolute atomic E-state index is 0.0859. The van der Waals surface area contributed by atoms with Crippen LogP contribution in [0.5, 0.6) is 11.5 Å². The molecule has 0 aromatic heterocycles. The first-order valence-corrected chi connectivity index (χ1v) is 11.3. The number of rotatable bonds is 3. The number of para-hydroxylation sites is 2. The lowest BCUT2D eigenvalue weighted by molar-refractivity contribution is -0.116. The number of Topliss-reactive ketones (excluding diaryl/α,β-unsaturated/α-hetero) is 1. The van der Waals surface area contributed by atoms with Crippen LogP contribution in [0.4, 0.5) is 11.4 Å². The van der Waals surface area contributed by atoms with Crippen molar-refractivity contribution in [1.82, 2.24) is 0 Å². The summed E-state index contributed by atoms with van der Waals surface area (Å²) in [5, 5.41) is 17.5. The normalized spacial score (nSPS) is 19.7. The number of phenols is 1. The lowest BCUT2D eigenvalue weighted by Gasteiger charge is -2.30. The van der Waals surface area contributed by atoms with Gasteiger partial charge in [-0.15, -0.1) is 0 Å². The van der Waals surface area contributed by atoms with Gasteiger partial charge in [-0.05, 0) is 54.7 Å². The van der Waals surface area contributed by atoms with Crippen LogP contribution in [-0.4, -0.2) is 18.0 Å². The van der Waals surface area contributed by atoms with Crippen LogP contribution >= 0.6 is 11.6 Å². The summed E-state index contributed by atoms with van der Waals surface area (Å²) in [5.41, 5.74) is 6.52. The molecule has 2 aliphatic rings. The Hall–Kier alpha value is -3.44. The van der Waals surface area contributed by atoms with Gasteiger partial charge in [0.05, 0.1) is 29.5 Å². The number of phenolic OH excluding ortho intramolecular Hbond substituents is 1. The van der Waals surface area contributed by atoms with Crippen molar-refractivity contribution in [2.75, 3.05) is 17.7 Å². The molecule has 2 atom stereocenters. The summed E-state index contributed by atoms with van der Waals surface area (Å²) in [7, 11) is 1.48. The number of carbonyl (C=O) groups excluding carboxylic acids is 1. The molecule has 3 aromatic carbocycles. The second-order valence-electron chi connectivity index (χ2n) is 8.63. The number of anilines is 2. The van der Waals surface area contributed by atoms with E-state index in [4.69, 9.17) is 16.3 Å². The molecule has 0 radical (unpaired) electrons. The summed E-state index contributed by atoms with van der Waals surface area (Å²) in [6.45, 7) is 2.06. The number of halogens is 1. The van der Waals surface area contributed by atoms with Crippen LogP contribution in [0.2, 0.25) is 5.02 Å². The molecule has 0 fully saturated rings. The van der Waals surface area contributed by atoms with Gasteiger partial charge in [0.2, 0.25) is 0 Å². The van der Waals surface area contributed by atoms with Crippen molar-refractivity contribution in [2.45, 2.75) is 31.7 Å². The number of aryl methyl sites for hydroxylation is 1. The molecular formula is C27H25ClN2O3. The Morgan fingerprint density at radius 2 is 1.73 bits per heavy atom. The predicted molar refractivity (Wildman–Crippen MR) is 131 cm³/mol. The number of nitrogens with one attached hydrogen (secondary N) is 2. The molecule has 3 N–H and O–H groups in total. The topological polar surface area (TPSA) is 70.6 Å². The maximum atomic E-state index is 13.6. The second-order valence-corrected chi connectivity index (χ2v) is 9.04. The van der Waals surface area contributed by atoms with Gasteiger partial charge in [-0.2, -0.15) is 0 Å². The van der Waals surface area contributed by atoms with E-state index >= 15 is 0 Å². The van der Waals surface area contributed by atoms with Crippen molar-refractivity contribution in [3.63, 3.8) is 0 Å². The van der Waals surface area contributed by atoms with E-state index in [-0.39, 0.29) is 28.2 Å². The molecule has 0 bridgehead atoms. The van der Waals surface area contributed by atoms with Crippen molar-refractivity contribution in [3.8, 4) is 11.5 Å². The number of hydrogen-bond acceptors (Lipinski definition) is 5. The molecule has 168 valence electrons. The van der Waals surface area contributed by atoms with Crippen LogP contribution < -0.4 is 15.4 Å². The molecular weight excluding hydrogens is 436 g/mol. The van der Waals surface area contributed by atoms with Crippen LogP contribution in [0.25, 0.3) is 0 Å². The minimum atomic E-state index is -0.436. The average Bonchev–Trinajstić information content (AvgIpc) is 2.98. The molecule has 1 aliphatic heterocycles. The van der Waals surface area contributed by atoms with Crippen LogP contribution in [0.15, 0.2) is 71.9 Å². The molecule has 2 unspecified atom stereocenters. The summed E-state index contributed by atoms with van der Waals surface area (Å²) in [5.74, 6) is 0.349. The average molecular weight is 461 g/mol. The third kappa shape index (κ3) is 3.93. The van der Waals surface area contributed by atoms with Crippen molar-refractivity contribution < 1.29 is 14.6 Å². The fourth-order valence-corrected chi connectivity index (χ4v) is 4.95. The lowest BCUT2D eigenvalue weighted by atomic mass is 9.78. The Morgan fingerprint density at radius 3 is 2.45 bits per heavy atom. The zero-order valence-electron chi connectivity index (χ0n) is 18.5. The maximum Gasteiger partial charge on any atom is 0.176 e. The quantitative estimate of drug-likeness (QED) is 0.425. The number of methoxy groups -OCH3 is 1. The summed E-state index contributed by atoms with van der Waals surface area (Å²) in [6, 6.07) is 19.3. The summed E-state index contributed by atoms with van der Waals surface area (Å²) < 4.78 is 5.33. The Bertz CT molecular complexity index is 1270. The molecule has 0 saturated carbocycles. The zero-order chi connectivity index (χ0) is 23.1. The molecule has 5 rings (SSSR count). The van der Waals surface area contributed by atoms with Crippen LogP contribution in [0.3, 0.4) is 0 Å². The third-order valence-corrected chi connectivity index (χ3v) is 6.75. The number of carbonyl (C=O) groups is 1. The van der Waals surface area contributed by atoms with Gasteiger partial charge in [0, 0.05) is 17.7 Å². The molecule has 33 heavy (non-hydrogen) atoms. The highest BCUT2D eigenvalue weighted by Crippen LogP contribution is 2.46. The molecule has 0 saturated heterocycles. The van der Waals surface area contributed by atoms with E-state index in [1.807, 2.05) is 24.3 Å². The highest BCUT2D eigenvalue weighted by molar-refractivity contribution is 6.32. The molecule has 3 aromatic rings.